The van der Waals surface area contributed by atoms with Gasteiger partial charge in [0.1, 0.15) is 5.82 Å². The van der Waals surface area contributed by atoms with Crippen molar-refractivity contribution in [1.29, 1.82) is 0 Å². The van der Waals surface area contributed by atoms with Crippen molar-refractivity contribution >= 4 is 5.82 Å². The number of benzene rings is 1. The summed E-state index contributed by atoms with van der Waals surface area (Å²) in [6.45, 7) is 8.76. The van der Waals surface area contributed by atoms with Gasteiger partial charge in [-0.3, -0.25) is 0 Å². The van der Waals surface area contributed by atoms with Crippen molar-refractivity contribution in [2.24, 2.45) is 0 Å². The summed E-state index contributed by atoms with van der Waals surface area (Å²) < 4.78 is 0. The lowest BCUT2D eigenvalue weighted by atomic mass is 9.87. The molecule has 1 N–H and O–H groups in total. The first-order chi connectivity index (χ1) is 9.44. The molecule has 1 aromatic heterocycles. The highest BCUT2D eigenvalue weighted by atomic mass is 15.0. The summed E-state index contributed by atoms with van der Waals surface area (Å²) in [5, 5.41) is 3.10. The van der Waals surface area contributed by atoms with Crippen LogP contribution in [0, 0.1) is 0 Å². The Balaban J connectivity index is 2.41. The van der Waals surface area contributed by atoms with Crippen LogP contribution in [0.2, 0.25) is 0 Å². The normalized spacial score (nSPS) is 11.4. The van der Waals surface area contributed by atoms with E-state index >= 15 is 0 Å². The monoisotopic (exact) mass is 269 g/mol. The minimum atomic E-state index is 0.167. The average Bonchev–Trinajstić information content (AvgIpc) is 2.46. The molecule has 0 spiro atoms. The van der Waals surface area contributed by atoms with Gasteiger partial charge in [-0.15, -0.1) is 0 Å². The third-order valence-electron chi connectivity index (χ3n) is 3.41. The molecule has 3 heteroatoms. The first kappa shape index (κ1) is 14.5. The molecule has 2 rings (SSSR count). The SMILES string of the molecule is CCc1cc(NC)nc(-c2ccc(C(C)(C)C)cc2)n1. The summed E-state index contributed by atoms with van der Waals surface area (Å²) >= 11 is 0. The molecule has 0 saturated heterocycles. The molecule has 0 atom stereocenters. The van der Waals surface area contributed by atoms with E-state index in [0.29, 0.717) is 0 Å². The van der Waals surface area contributed by atoms with Crippen LogP contribution < -0.4 is 5.32 Å². The quantitative estimate of drug-likeness (QED) is 0.913. The molecule has 0 aliphatic heterocycles. The van der Waals surface area contributed by atoms with E-state index in [1.165, 1.54) is 5.56 Å². The summed E-state index contributed by atoms with van der Waals surface area (Å²) in [4.78, 5) is 9.15. The third kappa shape index (κ3) is 3.16. The maximum absolute atomic E-state index is 4.61. The van der Waals surface area contributed by atoms with Crippen molar-refractivity contribution < 1.29 is 0 Å². The van der Waals surface area contributed by atoms with E-state index < -0.39 is 0 Å². The van der Waals surface area contributed by atoms with E-state index in [1.807, 2.05) is 13.1 Å². The zero-order valence-electron chi connectivity index (χ0n) is 13.0. The Morgan fingerprint density at radius 1 is 1.05 bits per heavy atom. The van der Waals surface area contributed by atoms with E-state index in [0.717, 1.165) is 29.3 Å². The van der Waals surface area contributed by atoms with Gasteiger partial charge in [0.25, 0.3) is 0 Å². The van der Waals surface area contributed by atoms with Gasteiger partial charge < -0.3 is 5.32 Å². The van der Waals surface area contributed by atoms with Gasteiger partial charge in [0.15, 0.2) is 5.82 Å². The van der Waals surface area contributed by atoms with Gasteiger partial charge in [0, 0.05) is 24.4 Å². The van der Waals surface area contributed by atoms with E-state index in [4.69, 9.17) is 0 Å². The molecule has 20 heavy (non-hydrogen) atoms. The van der Waals surface area contributed by atoms with Crippen molar-refractivity contribution in [1.82, 2.24) is 9.97 Å². The fourth-order valence-electron chi connectivity index (χ4n) is 2.06. The zero-order valence-corrected chi connectivity index (χ0v) is 13.0. The smallest absolute Gasteiger partial charge is 0.161 e. The van der Waals surface area contributed by atoms with Crippen LogP contribution in [0.3, 0.4) is 0 Å². The Kier molecular flexibility index (Phi) is 4.07. The number of hydrogen-bond donors (Lipinski definition) is 1. The molecular weight excluding hydrogens is 246 g/mol. The van der Waals surface area contributed by atoms with Crippen LogP contribution in [-0.2, 0) is 11.8 Å². The number of aromatic nitrogens is 2. The lowest BCUT2D eigenvalue weighted by Gasteiger charge is -2.19. The molecule has 0 aliphatic carbocycles. The van der Waals surface area contributed by atoms with E-state index in [-0.39, 0.29) is 5.41 Å². The maximum atomic E-state index is 4.61. The van der Waals surface area contributed by atoms with Crippen LogP contribution in [-0.4, -0.2) is 17.0 Å². The van der Waals surface area contributed by atoms with Gasteiger partial charge in [0.2, 0.25) is 0 Å². The molecule has 0 unspecified atom stereocenters. The fraction of sp³-hybridized carbons (Fsp3) is 0.412. The molecule has 0 radical (unpaired) electrons. The molecule has 0 fully saturated rings. The fourth-order valence-corrected chi connectivity index (χ4v) is 2.06. The zero-order chi connectivity index (χ0) is 14.8. The van der Waals surface area contributed by atoms with Gasteiger partial charge in [0.05, 0.1) is 0 Å². The van der Waals surface area contributed by atoms with E-state index in [9.17, 15) is 0 Å². The summed E-state index contributed by atoms with van der Waals surface area (Å²) in [7, 11) is 1.88. The van der Waals surface area contributed by atoms with Gasteiger partial charge in [-0.1, -0.05) is 52.0 Å². The van der Waals surface area contributed by atoms with Gasteiger partial charge in [-0.25, -0.2) is 9.97 Å². The molecule has 0 bridgehead atoms. The molecule has 3 nitrogen and oxygen atoms in total. The second-order valence-electron chi connectivity index (χ2n) is 6.00. The summed E-state index contributed by atoms with van der Waals surface area (Å²) in [5.74, 6) is 1.65. The number of nitrogens with one attached hydrogen (secondary N) is 1. The van der Waals surface area contributed by atoms with Crippen molar-refractivity contribution in [3.8, 4) is 11.4 Å². The van der Waals surface area contributed by atoms with Crippen LogP contribution in [0.1, 0.15) is 39.0 Å². The average molecular weight is 269 g/mol. The third-order valence-corrected chi connectivity index (χ3v) is 3.41. The van der Waals surface area contributed by atoms with Crippen molar-refractivity contribution in [3.05, 3.63) is 41.6 Å². The first-order valence-electron chi connectivity index (χ1n) is 7.10. The van der Waals surface area contributed by atoms with Gasteiger partial charge in [-0.2, -0.15) is 0 Å². The Labute approximate surface area is 121 Å². The van der Waals surface area contributed by atoms with Crippen LogP contribution in [0.5, 0.6) is 0 Å². The highest BCUT2D eigenvalue weighted by Gasteiger charge is 2.13. The maximum Gasteiger partial charge on any atom is 0.161 e. The van der Waals surface area contributed by atoms with Gasteiger partial charge in [-0.05, 0) is 17.4 Å². The number of rotatable bonds is 3. The molecule has 1 aromatic carbocycles. The van der Waals surface area contributed by atoms with Crippen molar-refractivity contribution in [2.75, 3.05) is 12.4 Å². The van der Waals surface area contributed by atoms with Crippen LogP contribution in [0.25, 0.3) is 11.4 Å². The summed E-state index contributed by atoms with van der Waals surface area (Å²) in [6, 6.07) is 10.5. The summed E-state index contributed by atoms with van der Waals surface area (Å²) in [6.07, 6.45) is 0.907. The Morgan fingerprint density at radius 2 is 1.70 bits per heavy atom. The molecule has 0 amide bonds. The Hall–Kier alpha value is -1.90. The number of aryl methyl sites for hydroxylation is 1. The highest BCUT2D eigenvalue weighted by Crippen LogP contribution is 2.25. The second-order valence-corrected chi connectivity index (χ2v) is 6.00. The minimum absolute atomic E-state index is 0.167. The topological polar surface area (TPSA) is 37.8 Å². The second kappa shape index (κ2) is 5.61. The van der Waals surface area contributed by atoms with E-state index in [1.54, 1.807) is 0 Å². The standard InChI is InChI=1S/C17H23N3/c1-6-14-11-15(18-5)20-16(19-14)12-7-9-13(10-8-12)17(2,3)4/h7-11H,6H2,1-5H3,(H,18,19,20). The number of nitrogens with zero attached hydrogens (tertiary/aromatic N) is 2. The predicted octanol–water partition coefficient (Wildman–Crippen LogP) is 4.05. The molecule has 0 aliphatic rings. The molecule has 1 heterocycles. The highest BCUT2D eigenvalue weighted by molar-refractivity contribution is 5.58. The van der Waals surface area contributed by atoms with E-state index in [2.05, 4.69) is 67.2 Å². The molecule has 2 aromatic rings. The molecule has 106 valence electrons. The van der Waals surface area contributed by atoms with Crippen molar-refractivity contribution in [3.63, 3.8) is 0 Å². The van der Waals surface area contributed by atoms with Crippen LogP contribution in [0.4, 0.5) is 5.82 Å². The van der Waals surface area contributed by atoms with Crippen LogP contribution in [0.15, 0.2) is 30.3 Å². The van der Waals surface area contributed by atoms with Gasteiger partial charge >= 0.3 is 0 Å². The Bertz CT molecular complexity index is 558. The lowest BCUT2D eigenvalue weighted by Crippen LogP contribution is -2.10. The predicted molar refractivity (Wildman–Crippen MR) is 85.1 cm³/mol. The lowest BCUT2D eigenvalue weighted by molar-refractivity contribution is 0.590. The molecule has 0 saturated carbocycles. The largest absolute Gasteiger partial charge is 0.373 e. The van der Waals surface area contributed by atoms with Crippen molar-refractivity contribution in [2.45, 2.75) is 39.5 Å². The summed E-state index contributed by atoms with van der Waals surface area (Å²) in [5.41, 5.74) is 3.60. The molecular formula is C17H23N3. The minimum Gasteiger partial charge on any atom is -0.373 e. The van der Waals surface area contributed by atoms with Crippen LogP contribution >= 0.6 is 0 Å². The number of hydrogen-bond acceptors (Lipinski definition) is 3. The Morgan fingerprint density at radius 3 is 2.20 bits per heavy atom. The number of anilines is 1. The first-order valence-corrected chi connectivity index (χ1v) is 7.10.